The number of carboxylic acids is 2. The van der Waals surface area contributed by atoms with Gasteiger partial charge in [-0.1, -0.05) is 89.9 Å². The van der Waals surface area contributed by atoms with Crippen molar-refractivity contribution in [2.75, 3.05) is 0 Å². The third kappa shape index (κ3) is 23.0. The molecule has 0 spiro atoms. The molecule has 10 heteroatoms. The van der Waals surface area contributed by atoms with Crippen molar-refractivity contribution in [1.29, 1.82) is 0 Å². The van der Waals surface area contributed by atoms with Gasteiger partial charge in [0.05, 0.1) is 6.04 Å². The van der Waals surface area contributed by atoms with E-state index in [1.807, 2.05) is 0 Å². The molecule has 2 atom stereocenters. The number of rotatable bonds is 26. The van der Waals surface area contributed by atoms with Crippen LogP contribution in [0.1, 0.15) is 135 Å². The lowest BCUT2D eigenvalue weighted by Crippen LogP contribution is -2.42. The van der Waals surface area contributed by atoms with Crippen molar-refractivity contribution in [2.45, 2.75) is 147 Å². The highest BCUT2D eigenvalue weighted by Crippen LogP contribution is 2.14. The highest BCUT2D eigenvalue weighted by Gasteiger charge is 2.21. The van der Waals surface area contributed by atoms with Crippen LogP contribution in [0, 0.1) is 0 Å². The van der Waals surface area contributed by atoms with Crippen LogP contribution >= 0.6 is 12.6 Å². The van der Waals surface area contributed by atoms with Gasteiger partial charge in [-0.05, 0) is 26.2 Å². The van der Waals surface area contributed by atoms with Crippen LogP contribution in [-0.2, 0) is 24.0 Å². The molecule has 220 valence electrons. The van der Waals surface area contributed by atoms with Gasteiger partial charge in [-0.2, -0.15) is 0 Å². The highest BCUT2D eigenvalue weighted by molar-refractivity contribution is 7.96. The molecule has 0 radical (unpaired) electrons. The Labute approximate surface area is 233 Å². The summed E-state index contributed by atoms with van der Waals surface area (Å²) in [4.78, 5) is 56.8. The van der Waals surface area contributed by atoms with Crippen molar-refractivity contribution in [2.24, 2.45) is 0 Å². The van der Waals surface area contributed by atoms with Gasteiger partial charge in [0.2, 0.25) is 16.9 Å². The summed E-state index contributed by atoms with van der Waals surface area (Å²) in [6.45, 7) is 1.49. The Kier molecular flexibility index (Phi) is 22.7. The maximum absolute atomic E-state index is 12.1. The molecule has 9 nitrogen and oxygen atoms in total. The van der Waals surface area contributed by atoms with E-state index in [-0.39, 0.29) is 25.2 Å². The lowest BCUT2D eigenvalue weighted by Gasteiger charge is -2.15. The van der Waals surface area contributed by atoms with Gasteiger partial charge < -0.3 is 20.8 Å². The second-order valence-electron chi connectivity index (χ2n) is 10.2. The standard InChI is InChI=1S/C28H50N2O7S/c1-22(28(37)38)29-25(32)21-20-23(27(35)36)30-24(31)18-16-14-12-10-8-6-4-2-3-5-7-9-11-13-15-17-19-26(33)34/h22-23H,2-21H2,1H3,(H,29,32)(H,30,31)(H,33,34)(H,35,36)(H,37,38)/t22?,23-/m0/s1. The fraction of sp³-hybridized carbons (Fsp3) is 0.821. The molecule has 38 heavy (non-hydrogen) atoms. The minimum Gasteiger partial charge on any atom is -0.481 e. The Morgan fingerprint density at radius 2 is 0.947 bits per heavy atom. The summed E-state index contributed by atoms with van der Waals surface area (Å²) in [5.41, 5.74) is 0. The van der Waals surface area contributed by atoms with Crippen LogP contribution < -0.4 is 10.6 Å². The molecular weight excluding hydrogens is 508 g/mol. The zero-order valence-electron chi connectivity index (χ0n) is 23.2. The van der Waals surface area contributed by atoms with Crippen LogP contribution in [0.2, 0.25) is 0 Å². The molecule has 0 aromatic carbocycles. The molecule has 0 saturated carbocycles. The number of carboxylic acid groups (broad SMARTS) is 2. The van der Waals surface area contributed by atoms with Gasteiger partial charge in [0.15, 0.2) is 0 Å². The average Bonchev–Trinajstić information content (AvgIpc) is 2.85. The van der Waals surface area contributed by atoms with Crippen LogP contribution in [0.5, 0.6) is 0 Å². The Morgan fingerprint density at radius 3 is 1.32 bits per heavy atom. The van der Waals surface area contributed by atoms with E-state index in [1.54, 1.807) is 0 Å². The summed E-state index contributed by atoms with van der Waals surface area (Å²) in [6, 6.07) is -1.88. The molecule has 0 bridgehead atoms. The lowest BCUT2D eigenvalue weighted by molar-refractivity contribution is -0.142. The SMILES string of the molecule is CC(NC(=O)CC[C@H](NC(=O)CCCCCCCCCCCCCCCCCCC(=O)O)C(=O)O)C(=O)S. The second-order valence-corrected chi connectivity index (χ2v) is 10.6. The van der Waals surface area contributed by atoms with Crippen LogP contribution in [0.3, 0.4) is 0 Å². The van der Waals surface area contributed by atoms with Crippen molar-refractivity contribution in [3.63, 3.8) is 0 Å². The molecule has 4 N–H and O–H groups in total. The van der Waals surface area contributed by atoms with E-state index < -0.39 is 35.0 Å². The van der Waals surface area contributed by atoms with Gasteiger partial charge >= 0.3 is 11.9 Å². The zero-order valence-corrected chi connectivity index (χ0v) is 24.1. The Morgan fingerprint density at radius 1 is 0.579 bits per heavy atom. The summed E-state index contributed by atoms with van der Waals surface area (Å²) in [5.74, 6) is -2.67. The number of unbranched alkanes of at least 4 members (excludes halogenated alkanes) is 15. The predicted octanol–water partition coefficient (Wildman–Crippen LogP) is 5.40. The van der Waals surface area contributed by atoms with Gasteiger partial charge in [-0.15, -0.1) is 12.6 Å². The van der Waals surface area contributed by atoms with E-state index >= 15 is 0 Å². The molecule has 1 unspecified atom stereocenters. The number of carbonyl (C=O) groups is 5. The number of carbonyl (C=O) groups excluding carboxylic acids is 3. The Balaban J connectivity index is 3.61. The minimum atomic E-state index is -1.19. The first kappa shape index (κ1) is 35.9. The normalized spacial score (nSPS) is 12.5. The van der Waals surface area contributed by atoms with Crippen LogP contribution in [0.25, 0.3) is 0 Å². The van der Waals surface area contributed by atoms with Crippen molar-refractivity contribution >= 4 is 41.5 Å². The van der Waals surface area contributed by atoms with Crippen LogP contribution in [0.4, 0.5) is 0 Å². The fourth-order valence-corrected chi connectivity index (χ4v) is 4.28. The summed E-state index contributed by atoms with van der Waals surface area (Å²) in [7, 11) is 0. The largest absolute Gasteiger partial charge is 0.481 e. The molecule has 2 amide bonds. The van der Waals surface area contributed by atoms with E-state index in [4.69, 9.17) is 5.11 Å². The number of thiol groups is 1. The van der Waals surface area contributed by atoms with Gasteiger partial charge in [0, 0.05) is 19.3 Å². The molecule has 0 aromatic rings. The molecular formula is C28H50N2O7S. The van der Waals surface area contributed by atoms with Crippen LogP contribution in [-0.4, -0.2) is 51.2 Å². The molecule has 0 heterocycles. The molecule has 0 fully saturated rings. The van der Waals surface area contributed by atoms with E-state index in [0.717, 1.165) is 38.5 Å². The third-order valence-corrected chi connectivity index (χ3v) is 6.97. The lowest BCUT2D eigenvalue weighted by atomic mass is 10.0. The summed E-state index contributed by atoms with van der Waals surface area (Å²) in [5, 5.41) is 22.4. The van der Waals surface area contributed by atoms with E-state index in [9.17, 15) is 29.1 Å². The Bertz CT molecular complexity index is 703. The molecule has 0 rings (SSSR count). The van der Waals surface area contributed by atoms with Gasteiger partial charge in [0.25, 0.3) is 0 Å². The topological polar surface area (TPSA) is 150 Å². The van der Waals surface area contributed by atoms with Crippen molar-refractivity contribution < 1.29 is 34.2 Å². The molecule has 0 aliphatic carbocycles. The maximum atomic E-state index is 12.1. The number of nitrogens with one attached hydrogen (secondary N) is 2. The third-order valence-electron chi connectivity index (χ3n) is 6.59. The van der Waals surface area contributed by atoms with Gasteiger partial charge in [-0.3, -0.25) is 19.2 Å². The zero-order chi connectivity index (χ0) is 28.6. The number of hydrogen-bond donors (Lipinski definition) is 5. The van der Waals surface area contributed by atoms with Gasteiger partial charge in [0.1, 0.15) is 6.04 Å². The smallest absolute Gasteiger partial charge is 0.326 e. The van der Waals surface area contributed by atoms with Crippen molar-refractivity contribution in [3.8, 4) is 0 Å². The first-order valence-corrected chi connectivity index (χ1v) is 14.8. The van der Waals surface area contributed by atoms with Gasteiger partial charge in [-0.25, -0.2) is 4.79 Å². The molecule has 0 saturated heterocycles. The van der Waals surface area contributed by atoms with Crippen molar-refractivity contribution in [3.05, 3.63) is 0 Å². The summed E-state index contributed by atoms with van der Waals surface area (Å²) >= 11 is 3.64. The van der Waals surface area contributed by atoms with Crippen molar-refractivity contribution in [1.82, 2.24) is 10.6 Å². The average molecular weight is 559 g/mol. The molecule has 0 aromatic heterocycles. The minimum absolute atomic E-state index is 0.0451. The summed E-state index contributed by atoms with van der Waals surface area (Å²) in [6.07, 6.45) is 18.5. The van der Waals surface area contributed by atoms with E-state index in [1.165, 1.54) is 64.7 Å². The highest BCUT2D eigenvalue weighted by atomic mass is 32.1. The number of aliphatic carboxylic acids is 2. The second kappa shape index (κ2) is 24.0. The number of hydrogen-bond acceptors (Lipinski definition) is 5. The maximum Gasteiger partial charge on any atom is 0.326 e. The van der Waals surface area contributed by atoms with E-state index in [2.05, 4.69) is 23.3 Å². The first-order valence-electron chi connectivity index (χ1n) is 14.4. The van der Waals surface area contributed by atoms with Crippen LogP contribution in [0.15, 0.2) is 0 Å². The monoisotopic (exact) mass is 558 g/mol. The summed E-state index contributed by atoms with van der Waals surface area (Å²) < 4.78 is 0. The molecule has 0 aliphatic heterocycles. The van der Waals surface area contributed by atoms with E-state index in [0.29, 0.717) is 12.8 Å². The fourth-order valence-electron chi connectivity index (χ4n) is 4.21. The quantitative estimate of drug-likeness (QED) is 0.0704. The number of amides is 2. The molecule has 0 aliphatic rings. The predicted molar refractivity (Wildman–Crippen MR) is 151 cm³/mol. The first-order chi connectivity index (χ1) is 18.1. The Hall–Kier alpha value is -2.10.